The van der Waals surface area contributed by atoms with Crippen molar-refractivity contribution in [3.63, 3.8) is 0 Å². The molecule has 7 nitrogen and oxygen atoms in total. The Morgan fingerprint density at radius 2 is 2.14 bits per heavy atom. The van der Waals surface area contributed by atoms with Crippen molar-refractivity contribution < 1.29 is 8.42 Å². The fraction of sp³-hybridized carbons (Fsp3) is 0.500. The van der Waals surface area contributed by atoms with Crippen LogP contribution in [0.2, 0.25) is 0 Å². The van der Waals surface area contributed by atoms with Gasteiger partial charge in [-0.05, 0) is 13.0 Å². The molecule has 0 saturated heterocycles. The van der Waals surface area contributed by atoms with Crippen molar-refractivity contribution in [2.75, 3.05) is 12.8 Å². The van der Waals surface area contributed by atoms with E-state index in [0.29, 0.717) is 0 Å². The summed E-state index contributed by atoms with van der Waals surface area (Å²) in [5.74, 6) is 0. The van der Waals surface area contributed by atoms with Gasteiger partial charge in [-0.15, -0.1) is 0 Å². The Morgan fingerprint density at radius 3 is 2.77 bits per heavy atom. The summed E-state index contributed by atoms with van der Waals surface area (Å²) in [6.45, 7) is 4.36. The number of aromatic nitrogens is 4. The van der Waals surface area contributed by atoms with Gasteiger partial charge in [-0.1, -0.05) is 0 Å². The Labute approximate surface area is 129 Å². The number of fused-ring (bicyclic) bond motifs is 1. The zero-order chi connectivity index (χ0) is 15.9. The zero-order valence-electron chi connectivity index (χ0n) is 12.9. The molecule has 0 amide bonds. The van der Waals surface area contributed by atoms with Crippen molar-refractivity contribution in [3.05, 3.63) is 34.9 Å². The summed E-state index contributed by atoms with van der Waals surface area (Å²) in [6, 6.07) is 2.08. The van der Waals surface area contributed by atoms with Crippen molar-refractivity contribution in [2.45, 2.75) is 31.6 Å². The fourth-order valence-corrected chi connectivity index (χ4v) is 3.23. The van der Waals surface area contributed by atoms with Gasteiger partial charge >= 0.3 is 0 Å². The summed E-state index contributed by atoms with van der Waals surface area (Å²) in [7, 11) is -1.40. The van der Waals surface area contributed by atoms with Crippen LogP contribution in [0.5, 0.6) is 0 Å². The van der Waals surface area contributed by atoms with E-state index in [0.717, 1.165) is 55.0 Å². The molecule has 0 atom stereocenters. The van der Waals surface area contributed by atoms with Crippen LogP contribution < -0.4 is 0 Å². The maximum atomic E-state index is 11.5. The van der Waals surface area contributed by atoms with Gasteiger partial charge in [0.1, 0.15) is 0 Å². The molecule has 8 heteroatoms. The van der Waals surface area contributed by atoms with E-state index in [4.69, 9.17) is 0 Å². The maximum absolute atomic E-state index is 11.5. The van der Waals surface area contributed by atoms with Crippen LogP contribution >= 0.6 is 0 Å². The van der Waals surface area contributed by atoms with Crippen LogP contribution in [0.15, 0.2) is 17.4 Å². The molecule has 0 bridgehead atoms. The fourth-order valence-electron chi connectivity index (χ4n) is 2.71. The molecule has 2 aromatic heterocycles. The second-order valence-electron chi connectivity index (χ2n) is 5.76. The van der Waals surface area contributed by atoms with Gasteiger partial charge in [0.05, 0.1) is 17.1 Å². The van der Waals surface area contributed by atoms with Crippen LogP contribution in [-0.4, -0.2) is 45.9 Å². The first-order chi connectivity index (χ1) is 10.3. The van der Waals surface area contributed by atoms with Gasteiger partial charge in [0, 0.05) is 51.1 Å². The molecule has 1 aliphatic rings. The smallest absolute Gasteiger partial charge is 0.246 e. The molecular weight excluding hydrogens is 302 g/mol. The zero-order valence-corrected chi connectivity index (χ0v) is 13.8. The third kappa shape index (κ3) is 3.02. The summed E-state index contributed by atoms with van der Waals surface area (Å²) in [6.07, 6.45) is 3.51. The molecule has 118 valence electrons. The van der Waals surface area contributed by atoms with Crippen molar-refractivity contribution in [2.24, 2.45) is 7.05 Å². The number of nitrogens with zero attached hydrogens (tertiary/aromatic N) is 5. The quantitative estimate of drug-likeness (QED) is 0.765. The molecule has 3 rings (SSSR count). The highest BCUT2D eigenvalue weighted by Gasteiger charge is 2.21. The molecule has 2 aromatic rings. The molecule has 1 aliphatic heterocycles. The average molecular weight is 321 g/mol. The van der Waals surface area contributed by atoms with E-state index in [1.165, 1.54) is 0 Å². The molecule has 3 heterocycles. The largest absolute Gasteiger partial charge is 0.293 e. The SMILES string of the molecule is Cc1cc(CN2CCc3nc(S(C)(=O)=O)ncc3C2)n(C)n1. The molecule has 0 aliphatic carbocycles. The lowest BCUT2D eigenvalue weighted by Gasteiger charge is -2.27. The molecule has 0 spiro atoms. The monoisotopic (exact) mass is 321 g/mol. The molecular formula is C14H19N5O2S. The highest BCUT2D eigenvalue weighted by Crippen LogP contribution is 2.19. The van der Waals surface area contributed by atoms with Gasteiger partial charge in [-0.25, -0.2) is 18.4 Å². The number of sulfone groups is 1. The standard InChI is InChI=1S/C14H19N5O2S/c1-10-6-12(18(2)17-10)9-19-5-4-13-11(8-19)7-15-14(16-13)22(3,20)21/h6-7H,4-5,8-9H2,1-3H3. The van der Waals surface area contributed by atoms with E-state index < -0.39 is 9.84 Å². The highest BCUT2D eigenvalue weighted by atomic mass is 32.2. The first kappa shape index (κ1) is 15.1. The number of hydrogen-bond acceptors (Lipinski definition) is 6. The Hall–Kier alpha value is -1.80. The third-order valence-corrected chi connectivity index (χ3v) is 4.67. The predicted octanol–water partition coefficient (Wildman–Crippen LogP) is 0.480. The molecule has 0 fully saturated rings. The van der Waals surface area contributed by atoms with Crippen LogP contribution in [0, 0.1) is 6.92 Å². The van der Waals surface area contributed by atoms with E-state index in [-0.39, 0.29) is 5.16 Å². The van der Waals surface area contributed by atoms with E-state index >= 15 is 0 Å². The Kier molecular flexibility index (Phi) is 3.73. The van der Waals surface area contributed by atoms with E-state index in [2.05, 4.69) is 26.0 Å². The minimum absolute atomic E-state index is 0.0815. The predicted molar refractivity (Wildman–Crippen MR) is 80.9 cm³/mol. The van der Waals surface area contributed by atoms with Gasteiger partial charge in [0.2, 0.25) is 15.0 Å². The Balaban J connectivity index is 1.78. The third-order valence-electron chi connectivity index (χ3n) is 3.81. The van der Waals surface area contributed by atoms with Crippen molar-refractivity contribution >= 4 is 9.84 Å². The number of hydrogen-bond donors (Lipinski definition) is 0. The summed E-state index contributed by atoms with van der Waals surface area (Å²) in [5, 5.41) is 4.28. The van der Waals surface area contributed by atoms with Crippen LogP contribution in [0.1, 0.15) is 22.6 Å². The minimum Gasteiger partial charge on any atom is -0.293 e. The van der Waals surface area contributed by atoms with E-state index in [1.807, 2.05) is 18.7 Å². The van der Waals surface area contributed by atoms with Gasteiger partial charge in [-0.3, -0.25) is 9.58 Å². The second kappa shape index (κ2) is 5.44. The van der Waals surface area contributed by atoms with E-state index in [1.54, 1.807) is 6.20 Å². The summed E-state index contributed by atoms with van der Waals surface area (Å²) in [4.78, 5) is 10.5. The van der Waals surface area contributed by atoms with Crippen molar-refractivity contribution in [3.8, 4) is 0 Å². The van der Waals surface area contributed by atoms with Crippen molar-refractivity contribution in [1.82, 2.24) is 24.6 Å². The van der Waals surface area contributed by atoms with Crippen molar-refractivity contribution in [1.29, 1.82) is 0 Å². The van der Waals surface area contributed by atoms with Crippen LogP contribution in [0.3, 0.4) is 0 Å². The van der Waals surface area contributed by atoms with Gasteiger partial charge < -0.3 is 0 Å². The molecule has 22 heavy (non-hydrogen) atoms. The number of rotatable bonds is 3. The summed E-state index contributed by atoms with van der Waals surface area (Å²) >= 11 is 0. The minimum atomic E-state index is -3.35. The van der Waals surface area contributed by atoms with Crippen LogP contribution in [0.25, 0.3) is 0 Å². The van der Waals surface area contributed by atoms with E-state index in [9.17, 15) is 8.42 Å². The van der Waals surface area contributed by atoms with Crippen LogP contribution in [-0.2, 0) is 36.4 Å². The second-order valence-corrected chi connectivity index (χ2v) is 7.67. The molecule has 0 saturated carbocycles. The molecule has 0 N–H and O–H groups in total. The Bertz CT molecular complexity index is 813. The number of aryl methyl sites for hydroxylation is 2. The van der Waals surface area contributed by atoms with Crippen LogP contribution in [0.4, 0.5) is 0 Å². The normalized spacial score (nSPS) is 15.8. The van der Waals surface area contributed by atoms with Gasteiger partial charge in [0.25, 0.3) is 0 Å². The first-order valence-corrected chi connectivity index (χ1v) is 8.99. The Morgan fingerprint density at radius 1 is 1.36 bits per heavy atom. The summed E-state index contributed by atoms with van der Waals surface area (Å²) in [5.41, 5.74) is 4.01. The lowest BCUT2D eigenvalue weighted by atomic mass is 10.1. The van der Waals surface area contributed by atoms with Gasteiger partial charge in [-0.2, -0.15) is 5.10 Å². The lowest BCUT2D eigenvalue weighted by molar-refractivity contribution is 0.236. The highest BCUT2D eigenvalue weighted by molar-refractivity contribution is 7.90. The molecule has 0 radical (unpaired) electrons. The summed E-state index contributed by atoms with van der Waals surface area (Å²) < 4.78 is 24.9. The van der Waals surface area contributed by atoms with Gasteiger partial charge in [0.15, 0.2) is 0 Å². The molecule has 0 aromatic carbocycles. The average Bonchev–Trinajstić information content (AvgIpc) is 2.75. The topological polar surface area (TPSA) is 81.0 Å². The lowest BCUT2D eigenvalue weighted by Crippen LogP contribution is -2.32. The molecule has 0 unspecified atom stereocenters. The maximum Gasteiger partial charge on any atom is 0.246 e. The first-order valence-electron chi connectivity index (χ1n) is 7.09.